The van der Waals surface area contributed by atoms with Gasteiger partial charge in [-0.25, -0.2) is 0 Å². The Bertz CT molecular complexity index is 53.4. The second-order valence-electron chi connectivity index (χ2n) is 3.20. The van der Waals surface area contributed by atoms with E-state index >= 15 is 0 Å². The predicted octanol–water partition coefficient (Wildman–Crippen LogP) is 2.10. The summed E-state index contributed by atoms with van der Waals surface area (Å²) in [4.78, 5) is 0. The Morgan fingerprint density at radius 1 is 0.692 bits per heavy atom. The van der Waals surface area contributed by atoms with Crippen LogP contribution in [0.5, 0.6) is 0 Å². The molecule has 0 unspecified atom stereocenters. The van der Waals surface area contributed by atoms with E-state index in [1.165, 1.54) is 8.87 Å². The second kappa shape index (κ2) is 23.4. The van der Waals surface area contributed by atoms with E-state index in [0.29, 0.717) is 0 Å². The van der Waals surface area contributed by atoms with Crippen molar-refractivity contribution in [1.29, 1.82) is 0 Å². The molecule has 0 aromatic carbocycles. The quantitative estimate of drug-likeness (QED) is 0.637. The van der Waals surface area contributed by atoms with Gasteiger partial charge in [0.15, 0.2) is 0 Å². The normalized spacial score (nSPS) is 7.54. The van der Waals surface area contributed by atoms with Crippen molar-refractivity contribution in [2.75, 3.05) is 0 Å². The van der Waals surface area contributed by atoms with Crippen LogP contribution in [0, 0.1) is 11.8 Å². The molecule has 76 valence electrons. The first-order valence-electron chi connectivity index (χ1n) is 3.83. The maximum atomic E-state index is 2.24. The topological polar surface area (TPSA) is 85.5 Å². The largest absolute Gasteiger partial charge is 2.00 e. The van der Waals surface area contributed by atoms with Crippen LogP contribution in [0.1, 0.15) is 27.7 Å². The third-order valence-corrected chi connectivity index (χ3v) is 5.48. The van der Waals surface area contributed by atoms with Crippen molar-refractivity contribution in [2.24, 2.45) is 11.8 Å². The third-order valence-electron chi connectivity index (χ3n) is 0.816. The van der Waals surface area contributed by atoms with Crippen LogP contribution >= 0.6 is 0 Å². The molecule has 0 fully saturated rings. The average Bonchev–Trinajstić information content (AvgIpc) is 1.89. The van der Waals surface area contributed by atoms with Crippen LogP contribution < -0.4 is 0 Å². The van der Waals surface area contributed by atoms with Crippen LogP contribution in [-0.4, -0.2) is 45.0 Å². The molecular weight excluding hydrogens is 382 g/mol. The maximum Gasteiger partial charge on any atom is -2.00 e. The van der Waals surface area contributed by atoms with Crippen LogP contribution in [0.4, 0.5) is 0 Å². The van der Waals surface area contributed by atoms with Gasteiger partial charge in [-0.05, 0) is 0 Å². The Morgan fingerprint density at radius 3 is 0.769 bits per heavy atom. The molecule has 0 amide bonds. The SMILES string of the molecule is CC(C)[CH2][Sn+3].CC(C)[CH2][Sn+3].[O-2].[O-2].[O-2]. The first-order valence-corrected chi connectivity index (χ1v) is 7.87. The molecule has 3 nitrogen and oxygen atoms in total. The number of rotatable bonds is 2. The average molecular weight is 400 g/mol. The Morgan fingerprint density at radius 2 is 0.769 bits per heavy atom. The van der Waals surface area contributed by atoms with Gasteiger partial charge in [0.05, 0.1) is 0 Å². The summed E-state index contributed by atoms with van der Waals surface area (Å²) < 4.78 is 2.79. The molecule has 0 saturated heterocycles. The molecular formula is C8H18O3Sn2. The molecule has 0 heterocycles. The fourth-order valence-corrected chi connectivity index (χ4v) is 0. The molecule has 0 radical (unpaired) electrons. The second-order valence-corrected chi connectivity index (χ2v) is 5.53. The summed E-state index contributed by atoms with van der Waals surface area (Å²) in [5, 5.41) is 0. The van der Waals surface area contributed by atoms with Gasteiger partial charge in [0.25, 0.3) is 0 Å². The molecule has 0 saturated carbocycles. The van der Waals surface area contributed by atoms with E-state index in [2.05, 4.69) is 27.7 Å². The minimum absolute atomic E-state index is 0. The summed E-state index contributed by atoms with van der Waals surface area (Å²) in [5.41, 5.74) is 0. The van der Waals surface area contributed by atoms with Gasteiger partial charge in [0.2, 0.25) is 0 Å². The number of hydrogen-bond acceptors (Lipinski definition) is 0. The van der Waals surface area contributed by atoms with E-state index in [0.717, 1.165) is 11.8 Å². The molecule has 0 aliphatic carbocycles. The van der Waals surface area contributed by atoms with Gasteiger partial charge in [-0.2, -0.15) is 0 Å². The Labute approximate surface area is 109 Å². The van der Waals surface area contributed by atoms with Crippen LogP contribution in [0.2, 0.25) is 8.87 Å². The summed E-state index contributed by atoms with van der Waals surface area (Å²) in [7, 11) is 0. The molecule has 13 heavy (non-hydrogen) atoms. The zero-order valence-electron chi connectivity index (χ0n) is 8.79. The monoisotopic (exact) mass is 402 g/mol. The Kier molecular flexibility index (Phi) is 52.6. The van der Waals surface area contributed by atoms with E-state index < -0.39 is 0 Å². The molecule has 0 aliphatic rings. The zero-order chi connectivity index (χ0) is 8.57. The van der Waals surface area contributed by atoms with Crippen molar-refractivity contribution in [3.63, 3.8) is 0 Å². The first kappa shape index (κ1) is 29.3. The molecule has 0 atom stereocenters. The Hall–Kier alpha value is 1.48. The van der Waals surface area contributed by atoms with E-state index in [-0.39, 0.29) is 16.4 Å². The number of hydrogen-bond donors (Lipinski definition) is 0. The zero-order valence-corrected chi connectivity index (χ0v) is 14.5. The fourth-order valence-electron chi connectivity index (χ4n) is 0. The van der Waals surface area contributed by atoms with Crippen molar-refractivity contribution in [3.05, 3.63) is 0 Å². The van der Waals surface area contributed by atoms with Gasteiger partial charge in [-0.15, -0.1) is 0 Å². The third kappa shape index (κ3) is 59.2. The van der Waals surface area contributed by atoms with Crippen molar-refractivity contribution in [2.45, 2.75) is 36.6 Å². The van der Waals surface area contributed by atoms with Gasteiger partial charge in [-0.3, -0.25) is 0 Å². The molecule has 0 aliphatic heterocycles. The van der Waals surface area contributed by atoms with Crippen molar-refractivity contribution >= 4 is 45.0 Å². The summed E-state index contributed by atoms with van der Waals surface area (Å²) in [6, 6.07) is 0. The molecule has 5 heteroatoms. The smallest absolute Gasteiger partial charge is 2.00 e. The van der Waals surface area contributed by atoms with Gasteiger partial charge < -0.3 is 16.4 Å². The Balaban J connectivity index is -0.0000000267. The summed E-state index contributed by atoms with van der Waals surface area (Å²) >= 11 is 3.33. The van der Waals surface area contributed by atoms with Gasteiger partial charge >= 0.3 is 93.5 Å². The van der Waals surface area contributed by atoms with E-state index in [1.54, 1.807) is 45.0 Å². The standard InChI is InChI=1S/2C4H9.3O.2Sn/c2*1-4(2)3;;;;;/h2*4H,1H2,2-3H3;;;;;/q;;3*-2;2*+3. The van der Waals surface area contributed by atoms with E-state index in [4.69, 9.17) is 0 Å². The van der Waals surface area contributed by atoms with Crippen LogP contribution in [0.15, 0.2) is 0 Å². The van der Waals surface area contributed by atoms with Crippen molar-refractivity contribution in [3.8, 4) is 0 Å². The van der Waals surface area contributed by atoms with Gasteiger partial charge in [-0.1, -0.05) is 0 Å². The van der Waals surface area contributed by atoms with E-state index in [9.17, 15) is 0 Å². The predicted molar refractivity (Wildman–Crippen MR) is 52.9 cm³/mol. The summed E-state index contributed by atoms with van der Waals surface area (Å²) in [6.07, 6.45) is 0. The molecule has 0 aromatic heterocycles. The minimum atomic E-state index is 0. The van der Waals surface area contributed by atoms with Gasteiger partial charge in [0, 0.05) is 0 Å². The molecule has 0 N–H and O–H groups in total. The summed E-state index contributed by atoms with van der Waals surface area (Å²) in [5.74, 6) is 1.85. The molecule has 0 spiro atoms. The minimum Gasteiger partial charge on any atom is -2.00 e. The van der Waals surface area contributed by atoms with Crippen LogP contribution in [0.25, 0.3) is 0 Å². The maximum absolute atomic E-state index is 2.24. The van der Waals surface area contributed by atoms with E-state index in [1.807, 2.05) is 0 Å². The molecule has 0 aromatic rings. The molecule has 0 rings (SSSR count). The van der Waals surface area contributed by atoms with Crippen LogP contribution in [-0.2, 0) is 16.4 Å². The van der Waals surface area contributed by atoms with Gasteiger partial charge in [0.1, 0.15) is 0 Å². The first-order chi connectivity index (χ1) is 4.54. The molecule has 0 bridgehead atoms. The van der Waals surface area contributed by atoms with Crippen molar-refractivity contribution in [1.82, 2.24) is 0 Å². The summed E-state index contributed by atoms with van der Waals surface area (Å²) in [6.45, 7) is 8.98. The van der Waals surface area contributed by atoms with Crippen molar-refractivity contribution < 1.29 is 16.4 Å². The van der Waals surface area contributed by atoms with Crippen LogP contribution in [0.3, 0.4) is 0 Å². The fraction of sp³-hybridized carbons (Fsp3) is 1.00.